The fraction of sp³-hybridized carbons (Fsp3) is 0.227. The molecule has 7 heteroatoms. The highest BCUT2D eigenvalue weighted by Crippen LogP contribution is 2.29. The molecule has 29 heavy (non-hydrogen) atoms. The number of aromatic nitrogens is 1. The van der Waals surface area contributed by atoms with Gasteiger partial charge in [0, 0.05) is 24.3 Å². The molecular formula is C22H22ClN3O3. The molecule has 0 unspecified atom stereocenters. The van der Waals surface area contributed by atoms with Crippen LogP contribution < -0.4 is 10.1 Å². The second-order valence-electron chi connectivity index (χ2n) is 6.54. The van der Waals surface area contributed by atoms with Crippen LogP contribution in [-0.2, 0) is 16.0 Å². The molecule has 0 atom stereocenters. The molecular weight excluding hydrogens is 390 g/mol. The van der Waals surface area contributed by atoms with Crippen LogP contribution >= 0.6 is 11.6 Å². The molecule has 3 aromatic rings. The van der Waals surface area contributed by atoms with Crippen molar-refractivity contribution in [2.24, 2.45) is 0 Å². The molecule has 0 saturated carbocycles. The summed E-state index contributed by atoms with van der Waals surface area (Å²) >= 11 is 6.17. The Morgan fingerprint density at radius 1 is 1.14 bits per heavy atom. The molecule has 1 N–H and O–H groups in total. The summed E-state index contributed by atoms with van der Waals surface area (Å²) in [5.41, 5.74) is 2.39. The first-order valence-corrected chi connectivity index (χ1v) is 9.65. The number of pyridine rings is 1. The maximum Gasteiger partial charge on any atom is 0.260 e. The van der Waals surface area contributed by atoms with E-state index in [1.807, 2.05) is 37.3 Å². The molecule has 0 spiro atoms. The summed E-state index contributed by atoms with van der Waals surface area (Å²) in [6.07, 6.45) is 2.44. The summed E-state index contributed by atoms with van der Waals surface area (Å²) in [6.45, 7) is 1.75. The third-order valence-electron chi connectivity index (χ3n) is 4.51. The van der Waals surface area contributed by atoms with Crippen LogP contribution in [0.25, 0.3) is 10.9 Å². The quantitative estimate of drug-likeness (QED) is 0.639. The highest BCUT2D eigenvalue weighted by Gasteiger charge is 2.16. The Labute approximate surface area is 174 Å². The fourth-order valence-electron chi connectivity index (χ4n) is 2.92. The van der Waals surface area contributed by atoms with E-state index < -0.39 is 0 Å². The van der Waals surface area contributed by atoms with E-state index in [2.05, 4.69) is 10.3 Å². The lowest BCUT2D eigenvalue weighted by atomic mass is 10.1. The Kier molecular flexibility index (Phi) is 6.67. The van der Waals surface area contributed by atoms with Crippen LogP contribution in [0.5, 0.6) is 5.75 Å². The van der Waals surface area contributed by atoms with Crippen LogP contribution in [-0.4, -0.2) is 41.9 Å². The van der Waals surface area contributed by atoms with E-state index in [9.17, 15) is 9.59 Å². The Morgan fingerprint density at radius 3 is 2.72 bits per heavy atom. The summed E-state index contributed by atoms with van der Waals surface area (Å²) in [7, 11) is 1.56. The van der Waals surface area contributed by atoms with Crippen LogP contribution in [0.3, 0.4) is 0 Å². The molecule has 0 saturated heterocycles. The van der Waals surface area contributed by atoms with Crippen molar-refractivity contribution in [2.75, 3.05) is 25.5 Å². The predicted molar refractivity (Wildman–Crippen MR) is 114 cm³/mol. The van der Waals surface area contributed by atoms with E-state index in [0.717, 1.165) is 23.1 Å². The number of likely N-dealkylation sites (N-methyl/N-ethyl adjacent to an activating group) is 1. The Balaban J connectivity index is 1.58. The van der Waals surface area contributed by atoms with Crippen molar-refractivity contribution in [2.45, 2.75) is 13.3 Å². The lowest BCUT2D eigenvalue weighted by Crippen LogP contribution is -2.37. The van der Waals surface area contributed by atoms with Gasteiger partial charge in [0.2, 0.25) is 5.91 Å². The average Bonchev–Trinajstić information content (AvgIpc) is 2.73. The number of fused-ring (bicyclic) bond motifs is 1. The van der Waals surface area contributed by atoms with Crippen LogP contribution in [0.15, 0.2) is 54.7 Å². The second-order valence-corrected chi connectivity index (χ2v) is 6.95. The second kappa shape index (κ2) is 9.39. The topological polar surface area (TPSA) is 71.5 Å². The number of benzene rings is 2. The minimum absolute atomic E-state index is 0.0696. The molecule has 1 aromatic heterocycles. The number of rotatable bonds is 7. The van der Waals surface area contributed by atoms with Crippen molar-refractivity contribution >= 4 is 40.0 Å². The fourth-order valence-corrected chi connectivity index (χ4v) is 3.14. The number of amides is 2. The molecule has 150 valence electrons. The molecule has 0 aliphatic rings. The highest BCUT2D eigenvalue weighted by molar-refractivity contribution is 6.35. The van der Waals surface area contributed by atoms with Gasteiger partial charge in [-0.05, 0) is 42.3 Å². The van der Waals surface area contributed by atoms with Gasteiger partial charge in [0.05, 0.1) is 11.6 Å². The number of hydrogen-bond acceptors (Lipinski definition) is 4. The summed E-state index contributed by atoms with van der Waals surface area (Å²) in [5, 5.41) is 4.17. The molecule has 1 heterocycles. The number of ether oxygens (including phenoxy) is 1. The SMILES string of the molecule is CCc1ccccc1NC(=O)CN(C)C(=O)COc1ccc(Cl)c2cccnc12. The first-order valence-electron chi connectivity index (χ1n) is 9.27. The van der Waals surface area contributed by atoms with Crippen molar-refractivity contribution in [1.29, 1.82) is 0 Å². The summed E-state index contributed by atoms with van der Waals surface area (Å²) in [6, 6.07) is 14.6. The number of carbonyl (C=O) groups is 2. The largest absolute Gasteiger partial charge is 0.481 e. The van der Waals surface area contributed by atoms with Crippen molar-refractivity contribution in [3.63, 3.8) is 0 Å². The Bertz CT molecular complexity index is 1040. The molecule has 0 fully saturated rings. The van der Waals surface area contributed by atoms with Gasteiger partial charge in [-0.25, -0.2) is 0 Å². The average molecular weight is 412 g/mol. The van der Waals surface area contributed by atoms with Crippen molar-refractivity contribution in [3.8, 4) is 5.75 Å². The standard InChI is InChI=1S/C22H22ClN3O3/c1-3-15-7-4-5-9-18(15)25-20(27)13-26(2)21(28)14-29-19-11-10-17(23)16-8-6-12-24-22(16)19/h4-12H,3,13-14H2,1-2H3,(H,25,27). The number of halogens is 1. The van der Waals surface area contributed by atoms with Gasteiger partial charge in [-0.3, -0.25) is 14.6 Å². The van der Waals surface area contributed by atoms with Crippen molar-refractivity contribution in [3.05, 3.63) is 65.3 Å². The van der Waals surface area contributed by atoms with Gasteiger partial charge in [0.25, 0.3) is 5.91 Å². The highest BCUT2D eigenvalue weighted by atomic mass is 35.5. The first-order chi connectivity index (χ1) is 14.0. The van der Waals surface area contributed by atoms with E-state index in [1.54, 1.807) is 31.4 Å². The van der Waals surface area contributed by atoms with E-state index in [1.165, 1.54) is 4.90 Å². The minimum atomic E-state index is -0.317. The van der Waals surface area contributed by atoms with Crippen molar-refractivity contribution < 1.29 is 14.3 Å². The lowest BCUT2D eigenvalue weighted by molar-refractivity contribution is -0.135. The number of nitrogens with one attached hydrogen (secondary N) is 1. The van der Waals surface area contributed by atoms with Gasteiger partial charge in [0.1, 0.15) is 11.3 Å². The predicted octanol–water partition coefficient (Wildman–Crippen LogP) is 3.93. The molecule has 0 aliphatic carbocycles. The Morgan fingerprint density at radius 2 is 1.93 bits per heavy atom. The van der Waals surface area contributed by atoms with Gasteiger partial charge in [-0.15, -0.1) is 0 Å². The maximum absolute atomic E-state index is 12.4. The zero-order chi connectivity index (χ0) is 20.8. The summed E-state index contributed by atoms with van der Waals surface area (Å²) < 4.78 is 5.65. The van der Waals surface area contributed by atoms with Crippen LogP contribution in [0.4, 0.5) is 5.69 Å². The van der Waals surface area contributed by atoms with Gasteiger partial charge < -0.3 is 15.0 Å². The molecule has 2 amide bonds. The van der Waals surface area contributed by atoms with Crippen LogP contribution in [0.2, 0.25) is 5.02 Å². The smallest absolute Gasteiger partial charge is 0.260 e. The van der Waals surface area contributed by atoms with Gasteiger partial charge in [0.15, 0.2) is 6.61 Å². The monoisotopic (exact) mass is 411 g/mol. The molecule has 0 radical (unpaired) electrons. The van der Waals surface area contributed by atoms with Gasteiger partial charge >= 0.3 is 0 Å². The number of para-hydroxylation sites is 1. The van der Waals surface area contributed by atoms with Crippen molar-refractivity contribution in [1.82, 2.24) is 9.88 Å². The third kappa shape index (κ3) is 5.03. The normalized spacial score (nSPS) is 10.6. The third-order valence-corrected chi connectivity index (χ3v) is 4.84. The van der Waals surface area contributed by atoms with E-state index in [0.29, 0.717) is 16.3 Å². The van der Waals surface area contributed by atoms with E-state index in [-0.39, 0.29) is 25.0 Å². The maximum atomic E-state index is 12.4. The number of anilines is 1. The zero-order valence-electron chi connectivity index (χ0n) is 16.3. The molecule has 6 nitrogen and oxygen atoms in total. The van der Waals surface area contributed by atoms with Gasteiger partial charge in [-0.2, -0.15) is 0 Å². The number of hydrogen-bond donors (Lipinski definition) is 1. The van der Waals surface area contributed by atoms with Crippen LogP contribution in [0, 0.1) is 0 Å². The van der Waals surface area contributed by atoms with E-state index >= 15 is 0 Å². The first kappa shape index (κ1) is 20.6. The minimum Gasteiger partial charge on any atom is -0.481 e. The lowest BCUT2D eigenvalue weighted by Gasteiger charge is -2.18. The van der Waals surface area contributed by atoms with Gasteiger partial charge in [-0.1, -0.05) is 36.7 Å². The molecule has 3 rings (SSSR count). The number of carbonyl (C=O) groups excluding carboxylic acids is 2. The zero-order valence-corrected chi connectivity index (χ0v) is 17.1. The van der Waals surface area contributed by atoms with E-state index in [4.69, 9.17) is 16.3 Å². The molecule has 0 bridgehead atoms. The Hall–Kier alpha value is -3.12. The molecule has 0 aliphatic heterocycles. The summed E-state index contributed by atoms with van der Waals surface area (Å²) in [5.74, 6) is -0.114. The number of nitrogens with zero attached hydrogens (tertiary/aromatic N) is 2. The summed E-state index contributed by atoms with van der Waals surface area (Å²) in [4.78, 5) is 30.3. The van der Waals surface area contributed by atoms with Crippen LogP contribution in [0.1, 0.15) is 12.5 Å². The molecule has 2 aromatic carbocycles. The number of aryl methyl sites for hydroxylation is 1.